The fourth-order valence-electron chi connectivity index (χ4n) is 3.73. The minimum Gasteiger partial charge on any atom is -0.314 e. The zero-order chi connectivity index (χ0) is 13.8. The monoisotopic (exact) mass is 278 g/mol. The van der Waals surface area contributed by atoms with Crippen LogP contribution in [0.4, 0.5) is 0 Å². The molecule has 6 nitrogen and oxygen atoms in total. The Hall–Kier alpha value is -1.01. The molecule has 1 N–H and O–H groups in total. The van der Waals surface area contributed by atoms with Crippen LogP contribution in [0.3, 0.4) is 0 Å². The molecule has 0 atom stereocenters. The molecular formula is C14H26N6. The Morgan fingerprint density at radius 2 is 2.10 bits per heavy atom. The Balaban J connectivity index is 1.74. The van der Waals surface area contributed by atoms with E-state index in [2.05, 4.69) is 32.7 Å². The molecule has 2 aliphatic rings. The molecule has 0 aromatic carbocycles. The first-order chi connectivity index (χ1) is 9.84. The first-order valence-electron chi connectivity index (χ1n) is 8.05. The standard InChI is InChI=1S/C14H26N6/c1-2-9-20-13(16-17-18-20)11-19-10-8-15-12-14(19)6-4-3-5-7-14/h15H,2-12H2,1H3. The molecule has 0 amide bonds. The van der Waals surface area contributed by atoms with Gasteiger partial charge in [-0.15, -0.1) is 5.10 Å². The van der Waals surface area contributed by atoms with E-state index in [4.69, 9.17) is 0 Å². The minimum atomic E-state index is 0.347. The molecule has 1 aliphatic heterocycles. The molecule has 112 valence electrons. The highest BCUT2D eigenvalue weighted by molar-refractivity contribution is 4.99. The van der Waals surface area contributed by atoms with E-state index in [1.54, 1.807) is 0 Å². The molecule has 6 heteroatoms. The summed E-state index contributed by atoms with van der Waals surface area (Å²) >= 11 is 0. The largest absolute Gasteiger partial charge is 0.314 e. The summed E-state index contributed by atoms with van der Waals surface area (Å²) in [6, 6.07) is 0. The van der Waals surface area contributed by atoms with Crippen LogP contribution in [-0.2, 0) is 13.1 Å². The molecule has 1 aliphatic carbocycles. The van der Waals surface area contributed by atoms with E-state index in [0.717, 1.165) is 45.0 Å². The van der Waals surface area contributed by atoms with Crippen LogP contribution >= 0.6 is 0 Å². The number of nitrogens with one attached hydrogen (secondary N) is 1. The molecule has 0 unspecified atom stereocenters. The molecule has 20 heavy (non-hydrogen) atoms. The SMILES string of the molecule is CCCn1nnnc1CN1CCNCC12CCCCC2. The highest BCUT2D eigenvalue weighted by Crippen LogP contribution is 2.35. The van der Waals surface area contributed by atoms with Crippen LogP contribution in [-0.4, -0.2) is 50.3 Å². The molecular weight excluding hydrogens is 252 g/mol. The summed E-state index contributed by atoms with van der Waals surface area (Å²) in [6.45, 7) is 7.30. The van der Waals surface area contributed by atoms with E-state index in [1.165, 1.54) is 32.1 Å². The van der Waals surface area contributed by atoms with E-state index in [0.29, 0.717) is 5.54 Å². The Morgan fingerprint density at radius 3 is 2.90 bits per heavy atom. The minimum absolute atomic E-state index is 0.347. The van der Waals surface area contributed by atoms with Crippen LogP contribution in [0.5, 0.6) is 0 Å². The Labute approximate surface area is 120 Å². The maximum absolute atomic E-state index is 4.25. The van der Waals surface area contributed by atoms with Gasteiger partial charge in [0.25, 0.3) is 0 Å². The van der Waals surface area contributed by atoms with E-state index in [9.17, 15) is 0 Å². The quantitative estimate of drug-likeness (QED) is 0.896. The number of piperazine rings is 1. The van der Waals surface area contributed by atoms with E-state index in [-0.39, 0.29) is 0 Å². The van der Waals surface area contributed by atoms with Crippen molar-refractivity contribution in [3.05, 3.63) is 5.82 Å². The number of rotatable bonds is 4. The van der Waals surface area contributed by atoms with Crippen LogP contribution in [0.2, 0.25) is 0 Å². The molecule has 3 rings (SSSR count). The predicted octanol–water partition coefficient (Wildman–Crippen LogP) is 1.19. The van der Waals surface area contributed by atoms with E-state index >= 15 is 0 Å². The Morgan fingerprint density at radius 1 is 1.25 bits per heavy atom. The van der Waals surface area contributed by atoms with Gasteiger partial charge in [0.05, 0.1) is 6.54 Å². The maximum atomic E-state index is 4.25. The highest BCUT2D eigenvalue weighted by atomic mass is 15.5. The normalized spacial score (nSPS) is 23.2. The van der Waals surface area contributed by atoms with Gasteiger partial charge < -0.3 is 5.32 Å². The molecule has 1 aromatic rings. The number of hydrogen-bond acceptors (Lipinski definition) is 5. The van der Waals surface area contributed by atoms with Gasteiger partial charge in [-0.05, 0) is 29.7 Å². The predicted molar refractivity (Wildman–Crippen MR) is 77.2 cm³/mol. The van der Waals surface area contributed by atoms with Crippen molar-refractivity contribution in [2.45, 2.75) is 64.1 Å². The number of nitrogens with zero attached hydrogens (tertiary/aromatic N) is 5. The second-order valence-electron chi connectivity index (χ2n) is 6.20. The third-order valence-electron chi connectivity index (χ3n) is 4.84. The third kappa shape index (κ3) is 2.72. The van der Waals surface area contributed by atoms with Crippen LogP contribution in [0, 0.1) is 0 Å². The van der Waals surface area contributed by atoms with Gasteiger partial charge in [-0.3, -0.25) is 4.90 Å². The summed E-state index contributed by atoms with van der Waals surface area (Å²) in [5, 5.41) is 15.8. The molecule has 0 bridgehead atoms. The highest BCUT2D eigenvalue weighted by Gasteiger charge is 2.40. The summed E-state index contributed by atoms with van der Waals surface area (Å²) in [5.74, 6) is 1.03. The van der Waals surface area contributed by atoms with Crippen molar-refractivity contribution in [1.29, 1.82) is 0 Å². The topological polar surface area (TPSA) is 58.9 Å². The summed E-state index contributed by atoms with van der Waals surface area (Å²) < 4.78 is 1.97. The Bertz CT molecular complexity index is 415. The van der Waals surface area contributed by atoms with Crippen molar-refractivity contribution >= 4 is 0 Å². The fraction of sp³-hybridized carbons (Fsp3) is 0.929. The Kier molecular flexibility index (Phi) is 4.31. The molecule has 1 aromatic heterocycles. The molecule has 0 radical (unpaired) electrons. The molecule has 1 spiro atoms. The summed E-state index contributed by atoms with van der Waals surface area (Å²) in [4.78, 5) is 2.64. The smallest absolute Gasteiger partial charge is 0.165 e. The van der Waals surface area contributed by atoms with Crippen molar-refractivity contribution in [2.24, 2.45) is 0 Å². The van der Waals surface area contributed by atoms with Crippen molar-refractivity contribution in [3.8, 4) is 0 Å². The van der Waals surface area contributed by atoms with Gasteiger partial charge >= 0.3 is 0 Å². The first kappa shape index (κ1) is 13.9. The third-order valence-corrected chi connectivity index (χ3v) is 4.84. The maximum Gasteiger partial charge on any atom is 0.165 e. The van der Waals surface area contributed by atoms with Crippen molar-refractivity contribution in [3.63, 3.8) is 0 Å². The van der Waals surface area contributed by atoms with Crippen molar-refractivity contribution < 1.29 is 0 Å². The summed E-state index contributed by atoms with van der Waals surface area (Å²) in [5.41, 5.74) is 0.347. The van der Waals surface area contributed by atoms with Gasteiger partial charge in [0.15, 0.2) is 5.82 Å². The average molecular weight is 278 g/mol. The van der Waals surface area contributed by atoms with Gasteiger partial charge in [0.2, 0.25) is 0 Å². The van der Waals surface area contributed by atoms with Crippen LogP contribution in [0.1, 0.15) is 51.3 Å². The van der Waals surface area contributed by atoms with Crippen LogP contribution in [0.15, 0.2) is 0 Å². The lowest BCUT2D eigenvalue weighted by Crippen LogP contribution is -2.61. The lowest BCUT2D eigenvalue weighted by Gasteiger charge is -2.49. The number of aromatic nitrogens is 4. The van der Waals surface area contributed by atoms with Crippen LogP contribution < -0.4 is 5.32 Å². The van der Waals surface area contributed by atoms with Crippen molar-refractivity contribution in [2.75, 3.05) is 19.6 Å². The number of tetrazole rings is 1. The molecule has 1 saturated heterocycles. The number of aryl methyl sites for hydroxylation is 1. The van der Waals surface area contributed by atoms with Gasteiger partial charge in [0, 0.05) is 31.7 Å². The van der Waals surface area contributed by atoms with E-state index < -0.39 is 0 Å². The molecule has 1 saturated carbocycles. The van der Waals surface area contributed by atoms with Crippen LogP contribution in [0.25, 0.3) is 0 Å². The zero-order valence-corrected chi connectivity index (χ0v) is 12.5. The zero-order valence-electron chi connectivity index (χ0n) is 12.5. The van der Waals surface area contributed by atoms with Crippen molar-refractivity contribution in [1.82, 2.24) is 30.4 Å². The summed E-state index contributed by atoms with van der Waals surface area (Å²) in [6.07, 6.45) is 7.81. The lowest BCUT2D eigenvalue weighted by molar-refractivity contribution is 0.0178. The first-order valence-corrected chi connectivity index (χ1v) is 8.05. The second-order valence-corrected chi connectivity index (χ2v) is 6.20. The average Bonchev–Trinajstić information content (AvgIpc) is 2.90. The number of hydrogen-bond donors (Lipinski definition) is 1. The second kappa shape index (κ2) is 6.18. The molecule has 2 fully saturated rings. The van der Waals surface area contributed by atoms with Gasteiger partial charge in [-0.1, -0.05) is 26.2 Å². The van der Waals surface area contributed by atoms with Gasteiger partial charge in [-0.25, -0.2) is 4.68 Å². The lowest BCUT2D eigenvalue weighted by atomic mass is 9.79. The summed E-state index contributed by atoms with van der Waals surface area (Å²) in [7, 11) is 0. The van der Waals surface area contributed by atoms with Gasteiger partial charge in [0.1, 0.15) is 0 Å². The van der Waals surface area contributed by atoms with E-state index in [1.807, 2.05) is 4.68 Å². The fourth-order valence-corrected chi connectivity index (χ4v) is 3.73. The molecule has 2 heterocycles. The van der Waals surface area contributed by atoms with Gasteiger partial charge in [-0.2, -0.15) is 0 Å².